The van der Waals surface area contributed by atoms with Crippen molar-refractivity contribution in [3.63, 3.8) is 0 Å². The molecule has 0 fully saturated rings. The highest BCUT2D eigenvalue weighted by Gasteiger charge is 2.23. The van der Waals surface area contributed by atoms with Crippen LogP contribution in [-0.4, -0.2) is 30.1 Å². The van der Waals surface area contributed by atoms with Crippen molar-refractivity contribution in [2.75, 3.05) is 12.8 Å². The van der Waals surface area contributed by atoms with Gasteiger partial charge in [-0.2, -0.15) is 0 Å². The number of hydrogen-bond donors (Lipinski definition) is 3. The third-order valence-corrected chi connectivity index (χ3v) is 2.79. The molecule has 0 bridgehead atoms. The summed E-state index contributed by atoms with van der Waals surface area (Å²) in [6.07, 6.45) is 0.472. The first-order valence-electron chi connectivity index (χ1n) is 6.32. The summed E-state index contributed by atoms with van der Waals surface area (Å²) in [5.41, 5.74) is 5.89. The summed E-state index contributed by atoms with van der Waals surface area (Å²) in [6.45, 7) is 3.88. The molecular weight excluding hydrogens is 260 g/mol. The lowest BCUT2D eigenvalue weighted by atomic mass is 10.0. The molecule has 0 spiro atoms. The number of methoxy groups -OCH3 is 1. The summed E-state index contributed by atoms with van der Waals surface area (Å²) < 4.78 is 4.67. The molecule has 0 saturated carbocycles. The number of aromatic hydroxyl groups is 1. The molecular formula is C14H20N2O4. The van der Waals surface area contributed by atoms with E-state index < -0.39 is 17.9 Å². The molecule has 1 rings (SSSR count). The second kappa shape index (κ2) is 6.79. The second-order valence-electron chi connectivity index (χ2n) is 4.95. The predicted octanol–water partition coefficient (Wildman–Crippen LogP) is 1.29. The molecule has 0 heterocycles. The average Bonchev–Trinajstić information content (AvgIpc) is 2.39. The number of rotatable bonds is 5. The lowest BCUT2D eigenvalue weighted by Gasteiger charge is -2.18. The van der Waals surface area contributed by atoms with E-state index in [4.69, 9.17) is 5.73 Å². The number of carbonyl (C=O) groups is 2. The van der Waals surface area contributed by atoms with Gasteiger partial charge in [-0.15, -0.1) is 0 Å². The van der Waals surface area contributed by atoms with Crippen molar-refractivity contribution in [3.05, 3.63) is 23.8 Å². The summed E-state index contributed by atoms with van der Waals surface area (Å²) >= 11 is 0. The molecule has 0 saturated heterocycles. The van der Waals surface area contributed by atoms with Crippen LogP contribution in [0.2, 0.25) is 0 Å². The number of phenols is 1. The molecule has 110 valence electrons. The van der Waals surface area contributed by atoms with Crippen LogP contribution in [0, 0.1) is 5.92 Å². The van der Waals surface area contributed by atoms with E-state index in [-0.39, 0.29) is 22.9 Å². The molecule has 1 aromatic rings. The number of ether oxygens (including phenoxy) is 1. The number of hydrogen-bond acceptors (Lipinski definition) is 5. The first kappa shape index (κ1) is 15.8. The third-order valence-electron chi connectivity index (χ3n) is 2.79. The molecule has 0 radical (unpaired) electrons. The van der Waals surface area contributed by atoms with Crippen molar-refractivity contribution >= 4 is 17.6 Å². The number of esters is 1. The van der Waals surface area contributed by atoms with Crippen molar-refractivity contribution in [3.8, 4) is 5.75 Å². The van der Waals surface area contributed by atoms with Crippen molar-refractivity contribution in [1.82, 2.24) is 5.32 Å². The van der Waals surface area contributed by atoms with Gasteiger partial charge in [0, 0.05) is 5.56 Å². The zero-order valence-electron chi connectivity index (χ0n) is 11.8. The molecule has 0 aliphatic carbocycles. The molecule has 1 amide bonds. The minimum atomic E-state index is -0.716. The Morgan fingerprint density at radius 3 is 2.55 bits per heavy atom. The van der Waals surface area contributed by atoms with Crippen LogP contribution in [0.5, 0.6) is 5.75 Å². The zero-order valence-corrected chi connectivity index (χ0v) is 11.8. The quantitative estimate of drug-likeness (QED) is 0.428. The Labute approximate surface area is 117 Å². The first-order chi connectivity index (χ1) is 9.35. The van der Waals surface area contributed by atoms with Gasteiger partial charge in [0.1, 0.15) is 11.8 Å². The van der Waals surface area contributed by atoms with Gasteiger partial charge < -0.3 is 20.9 Å². The third kappa shape index (κ3) is 4.15. The van der Waals surface area contributed by atoms with E-state index >= 15 is 0 Å². The largest absolute Gasteiger partial charge is 0.506 e. The summed E-state index contributed by atoms with van der Waals surface area (Å²) in [6, 6.07) is 3.45. The van der Waals surface area contributed by atoms with Crippen molar-refractivity contribution in [1.29, 1.82) is 0 Å². The molecule has 0 aliphatic heterocycles. The van der Waals surface area contributed by atoms with Gasteiger partial charge in [0.2, 0.25) is 0 Å². The zero-order chi connectivity index (χ0) is 15.3. The lowest BCUT2D eigenvalue weighted by Crippen LogP contribution is -2.42. The first-order valence-corrected chi connectivity index (χ1v) is 6.32. The van der Waals surface area contributed by atoms with Gasteiger partial charge in [0.05, 0.1) is 12.8 Å². The minimum Gasteiger partial charge on any atom is -0.506 e. The fraction of sp³-hybridized carbons (Fsp3) is 0.429. The molecule has 0 aromatic heterocycles. The normalized spacial score (nSPS) is 12.0. The Hall–Kier alpha value is -2.24. The molecule has 6 heteroatoms. The maximum atomic E-state index is 12.0. The number of carbonyl (C=O) groups excluding carboxylic acids is 2. The number of nitrogens with one attached hydrogen (secondary N) is 1. The summed E-state index contributed by atoms with van der Waals surface area (Å²) in [5, 5.41) is 12.1. The predicted molar refractivity (Wildman–Crippen MR) is 75.2 cm³/mol. The van der Waals surface area contributed by atoms with Gasteiger partial charge in [-0.05, 0) is 30.5 Å². The monoisotopic (exact) mass is 280 g/mol. The van der Waals surface area contributed by atoms with Crippen LogP contribution in [-0.2, 0) is 9.53 Å². The van der Waals surface area contributed by atoms with E-state index in [0.29, 0.717) is 6.42 Å². The number of amides is 1. The standard InChI is InChI=1S/C14H20N2O4/c1-8(2)6-11(14(19)20-3)16-13(18)9-4-5-10(15)12(17)7-9/h4-5,7-8,11,17H,6,15H2,1-3H3,(H,16,18). The van der Waals surface area contributed by atoms with Crippen LogP contribution in [0.1, 0.15) is 30.6 Å². The number of benzene rings is 1. The Balaban J connectivity index is 2.84. The summed E-state index contributed by atoms with van der Waals surface area (Å²) in [4.78, 5) is 23.7. The van der Waals surface area contributed by atoms with Gasteiger partial charge in [-0.25, -0.2) is 4.79 Å². The van der Waals surface area contributed by atoms with Crippen molar-refractivity contribution < 1.29 is 19.4 Å². The van der Waals surface area contributed by atoms with E-state index in [2.05, 4.69) is 10.1 Å². The van der Waals surface area contributed by atoms with E-state index in [1.807, 2.05) is 13.8 Å². The van der Waals surface area contributed by atoms with Crippen LogP contribution < -0.4 is 11.1 Å². The van der Waals surface area contributed by atoms with E-state index in [9.17, 15) is 14.7 Å². The second-order valence-corrected chi connectivity index (χ2v) is 4.95. The lowest BCUT2D eigenvalue weighted by molar-refractivity contribution is -0.143. The number of nitrogens with two attached hydrogens (primary N) is 1. The van der Waals surface area contributed by atoms with Gasteiger partial charge in [0.15, 0.2) is 0 Å². The van der Waals surface area contributed by atoms with E-state index in [0.717, 1.165) is 0 Å². The Bertz CT molecular complexity index is 500. The van der Waals surface area contributed by atoms with Gasteiger partial charge in [-0.1, -0.05) is 13.8 Å². The van der Waals surface area contributed by atoms with E-state index in [1.54, 1.807) is 0 Å². The summed E-state index contributed by atoms with van der Waals surface area (Å²) in [5.74, 6) is -0.904. The van der Waals surface area contributed by atoms with E-state index in [1.165, 1.54) is 25.3 Å². The van der Waals surface area contributed by atoms with Crippen molar-refractivity contribution in [2.24, 2.45) is 5.92 Å². The maximum Gasteiger partial charge on any atom is 0.328 e. The van der Waals surface area contributed by atoms with Crippen LogP contribution in [0.4, 0.5) is 5.69 Å². The van der Waals surface area contributed by atoms with Crippen molar-refractivity contribution in [2.45, 2.75) is 26.3 Å². The Morgan fingerprint density at radius 2 is 2.05 bits per heavy atom. The molecule has 0 aliphatic rings. The van der Waals surface area contributed by atoms with Crippen LogP contribution in [0.3, 0.4) is 0 Å². The van der Waals surface area contributed by atoms with Crippen LogP contribution in [0.15, 0.2) is 18.2 Å². The maximum absolute atomic E-state index is 12.0. The fourth-order valence-corrected chi connectivity index (χ4v) is 1.75. The number of phenolic OH excluding ortho intramolecular Hbond substituents is 1. The smallest absolute Gasteiger partial charge is 0.328 e. The molecule has 20 heavy (non-hydrogen) atoms. The highest BCUT2D eigenvalue weighted by Crippen LogP contribution is 2.20. The molecule has 1 aromatic carbocycles. The summed E-state index contributed by atoms with van der Waals surface area (Å²) in [7, 11) is 1.27. The Morgan fingerprint density at radius 1 is 1.40 bits per heavy atom. The average molecular weight is 280 g/mol. The number of anilines is 1. The Kier molecular flexibility index (Phi) is 5.37. The highest BCUT2D eigenvalue weighted by molar-refractivity contribution is 5.97. The van der Waals surface area contributed by atoms with Gasteiger partial charge in [-0.3, -0.25) is 4.79 Å². The van der Waals surface area contributed by atoms with Crippen LogP contribution in [0.25, 0.3) is 0 Å². The van der Waals surface area contributed by atoms with Gasteiger partial charge >= 0.3 is 5.97 Å². The SMILES string of the molecule is COC(=O)C(CC(C)C)NC(=O)c1ccc(N)c(O)c1. The molecule has 6 nitrogen and oxygen atoms in total. The molecule has 4 N–H and O–H groups in total. The highest BCUT2D eigenvalue weighted by atomic mass is 16.5. The number of nitrogen functional groups attached to an aromatic ring is 1. The van der Waals surface area contributed by atoms with Gasteiger partial charge in [0.25, 0.3) is 5.91 Å². The minimum absolute atomic E-state index is 0.170. The topological polar surface area (TPSA) is 102 Å². The van der Waals surface area contributed by atoms with Crippen LogP contribution >= 0.6 is 0 Å². The molecule has 1 unspecified atom stereocenters. The fourth-order valence-electron chi connectivity index (χ4n) is 1.75. The molecule has 1 atom stereocenters.